The first-order valence-corrected chi connectivity index (χ1v) is 6.12. The van der Waals surface area contributed by atoms with E-state index in [1.165, 1.54) is 6.33 Å². The largest absolute Gasteiger partial charge is 0.394 e. The van der Waals surface area contributed by atoms with Gasteiger partial charge >= 0.3 is 0 Å². The van der Waals surface area contributed by atoms with E-state index in [1.807, 2.05) is 0 Å². The number of aromatic nitrogens is 3. The Balaban J connectivity index is 2.11. The summed E-state index contributed by atoms with van der Waals surface area (Å²) in [6.45, 7) is -0.211. The monoisotopic (exact) mass is 274 g/mol. The van der Waals surface area contributed by atoms with Crippen LogP contribution in [0.15, 0.2) is 18.6 Å². The summed E-state index contributed by atoms with van der Waals surface area (Å²) in [5.41, 5.74) is 4.80. The molecule has 2 aromatic rings. The summed E-state index contributed by atoms with van der Waals surface area (Å²) in [6.07, 6.45) is 7.26. The molecule has 7 nitrogen and oxygen atoms in total. The van der Waals surface area contributed by atoms with Crippen molar-refractivity contribution >= 4 is 16.9 Å². The molecule has 0 aromatic carbocycles. The number of terminal acetylenes is 1. The molecule has 20 heavy (non-hydrogen) atoms. The number of hydrogen-bond acceptors (Lipinski definition) is 6. The molecule has 0 aliphatic carbocycles. The van der Waals surface area contributed by atoms with Crippen molar-refractivity contribution in [3.63, 3.8) is 0 Å². The molecule has 104 valence electrons. The number of rotatable bonds is 2. The van der Waals surface area contributed by atoms with Crippen LogP contribution in [0.5, 0.6) is 0 Å². The van der Waals surface area contributed by atoms with Gasteiger partial charge in [-0.25, -0.2) is 9.97 Å². The maximum atomic E-state index is 10.5. The highest BCUT2D eigenvalue weighted by molar-refractivity contribution is 5.86. The molecular weight excluding hydrogens is 260 g/mol. The summed E-state index contributed by atoms with van der Waals surface area (Å²) in [7, 11) is 0. The normalized spacial score (nSPS) is 29.6. The molecule has 3 unspecified atom stereocenters. The highest BCUT2D eigenvalue weighted by atomic mass is 16.5. The van der Waals surface area contributed by atoms with Crippen LogP contribution in [0.1, 0.15) is 12.6 Å². The van der Waals surface area contributed by atoms with Crippen LogP contribution < -0.4 is 5.73 Å². The van der Waals surface area contributed by atoms with E-state index >= 15 is 0 Å². The van der Waals surface area contributed by atoms with E-state index in [0.717, 1.165) is 0 Å². The third-order valence-corrected chi connectivity index (χ3v) is 3.52. The maximum Gasteiger partial charge on any atom is 0.176 e. The van der Waals surface area contributed by atoms with Gasteiger partial charge in [-0.2, -0.15) is 0 Å². The number of anilines is 1. The van der Waals surface area contributed by atoms with Crippen LogP contribution in [-0.4, -0.2) is 43.1 Å². The molecule has 1 aliphatic rings. The molecule has 3 heterocycles. The summed E-state index contributed by atoms with van der Waals surface area (Å²) < 4.78 is 7.24. The highest BCUT2D eigenvalue weighted by Crippen LogP contribution is 2.39. The number of nitrogen functional groups attached to an aromatic ring is 1. The van der Waals surface area contributed by atoms with E-state index in [2.05, 4.69) is 15.9 Å². The number of ether oxygens (including phenoxy) is 1. The fourth-order valence-electron chi connectivity index (χ4n) is 2.50. The molecule has 3 atom stereocenters. The Labute approximate surface area is 115 Å². The highest BCUT2D eigenvalue weighted by Gasteiger charge is 2.47. The van der Waals surface area contributed by atoms with Crippen LogP contribution >= 0.6 is 0 Å². The van der Waals surface area contributed by atoms with E-state index in [1.54, 1.807) is 16.8 Å². The summed E-state index contributed by atoms with van der Waals surface area (Å²) in [5.74, 6) is 2.69. The molecule has 1 aliphatic heterocycles. The summed E-state index contributed by atoms with van der Waals surface area (Å²) in [4.78, 5) is 8.05. The number of fused-ring (bicyclic) bond motifs is 1. The van der Waals surface area contributed by atoms with Gasteiger partial charge in [-0.1, -0.05) is 5.92 Å². The number of nitrogens with two attached hydrogens (primary N) is 1. The van der Waals surface area contributed by atoms with E-state index in [9.17, 15) is 10.2 Å². The quantitative estimate of drug-likeness (QED) is 0.647. The van der Waals surface area contributed by atoms with Gasteiger partial charge in [-0.3, -0.25) is 0 Å². The standard InChI is InChI=1S/C13H14N4O3/c1-2-13(19)5-8(6-18)20-12(13)17-4-3-9-10(14)15-7-16-11(9)17/h1,3-4,7-8,12,18-19H,5-6H2,(H2,14,15,16). The van der Waals surface area contributed by atoms with Crippen molar-refractivity contribution in [3.05, 3.63) is 18.6 Å². The molecule has 0 amide bonds. The van der Waals surface area contributed by atoms with Gasteiger partial charge in [-0.05, 0) is 6.07 Å². The SMILES string of the molecule is C#CC1(O)CC(CO)OC1n1ccc2c(N)ncnc21. The van der Waals surface area contributed by atoms with Gasteiger partial charge < -0.3 is 25.3 Å². The molecule has 7 heteroatoms. The molecule has 4 N–H and O–H groups in total. The lowest BCUT2D eigenvalue weighted by Gasteiger charge is -2.24. The van der Waals surface area contributed by atoms with E-state index < -0.39 is 17.9 Å². The molecule has 0 spiro atoms. The molecular formula is C13H14N4O3. The predicted octanol–water partition coefficient (Wildman–Crippen LogP) is -0.342. The fraction of sp³-hybridized carbons (Fsp3) is 0.385. The van der Waals surface area contributed by atoms with Crippen LogP contribution in [0.4, 0.5) is 5.82 Å². The number of hydrogen-bond donors (Lipinski definition) is 3. The Bertz CT molecular complexity index is 692. The maximum absolute atomic E-state index is 10.5. The number of aliphatic hydroxyl groups is 2. The smallest absolute Gasteiger partial charge is 0.176 e. The van der Waals surface area contributed by atoms with Gasteiger partial charge in [0, 0.05) is 12.6 Å². The topological polar surface area (TPSA) is 106 Å². The Morgan fingerprint density at radius 1 is 1.60 bits per heavy atom. The van der Waals surface area contributed by atoms with Crippen molar-refractivity contribution in [1.82, 2.24) is 14.5 Å². The lowest BCUT2D eigenvalue weighted by atomic mass is 9.99. The zero-order chi connectivity index (χ0) is 14.3. The third-order valence-electron chi connectivity index (χ3n) is 3.52. The lowest BCUT2D eigenvalue weighted by Crippen LogP contribution is -2.33. The van der Waals surface area contributed by atoms with Crippen molar-refractivity contribution in [1.29, 1.82) is 0 Å². The second kappa shape index (κ2) is 4.45. The third kappa shape index (κ3) is 1.74. The zero-order valence-corrected chi connectivity index (χ0v) is 10.6. The number of aliphatic hydroxyl groups excluding tert-OH is 1. The minimum absolute atomic E-state index is 0.158. The molecule has 3 rings (SSSR count). The van der Waals surface area contributed by atoms with Gasteiger partial charge in [0.15, 0.2) is 11.8 Å². The minimum atomic E-state index is -1.50. The van der Waals surface area contributed by atoms with Gasteiger partial charge in [0.05, 0.1) is 18.1 Å². The van der Waals surface area contributed by atoms with Crippen LogP contribution in [0, 0.1) is 12.3 Å². The second-order valence-electron chi connectivity index (χ2n) is 4.78. The van der Waals surface area contributed by atoms with Gasteiger partial charge in [0.25, 0.3) is 0 Å². The van der Waals surface area contributed by atoms with Gasteiger partial charge in [0.1, 0.15) is 17.8 Å². The van der Waals surface area contributed by atoms with E-state index in [-0.39, 0.29) is 13.0 Å². The Kier molecular flexibility index (Phi) is 2.87. The summed E-state index contributed by atoms with van der Waals surface area (Å²) in [5, 5.41) is 20.4. The molecule has 1 fully saturated rings. The van der Waals surface area contributed by atoms with Crippen molar-refractivity contribution in [2.45, 2.75) is 24.4 Å². The average molecular weight is 274 g/mol. The van der Waals surface area contributed by atoms with E-state index in [4.69, 9.17) is 16.9 Å². The van der Waals surface area contributed by atoms with Crippen LogP contribution in [0.25, 0.3) is 11.0 Å². The molecule has 2 aromatic heterocycles. The van der Waals surface area contributed by atoms with Crippen molar-refractivity contribution in [2.75, 3.05) is 12.3 Å². The molecule has 1 saturated heterocycles. The second-order valence-corrected chi connectivity index (χ2v) is 4.78. The molecule has 0 saturated carbocycles. The van der Waals surface area contributed by atoms with Gasteiger partial charge in [0.2, 0.25) is 0 Å². The van der Waals surface area contributed by atoms with Crippen molar-refractivity contribution < 1.29 is 14.9 Å². The molecule has 0 bridgehead atoms. The zero-order valence-electron chi connectivity index (χ0n) is 10.6. The van der Waals surface area contributed by atoms with Crippen molar-refractivity contribution in [2.24, 2.45) is 0 Å². The fourth-order valence-corrected chi connectivity index (χ4v) is 2.50. The van der Waals surface area contributed by atoms with Crippen LogP contribution in [0.2, 0.25) is 0 Å². The minimum Gasteiger partial charge on any atom is -0.394 e. The first-order valence-electron chi connectivity index (χ1n) is 6.12. The first-order chi connectivity index (χ1) is 9.59. The van der Waals surface area contributed by atoms with Crippen LogP contribution in [0.3, 0.4) is 0 Å². The van der Waals surface area contributed by atoms with Crippen LogP contribution in [-0.2, 0) is 4.74 Å². The van der Waals surface area contributed by atoms with Gasteiger partial charge in [-0.15, -0.1) is 6.42 Å². The first kappa shape index (κ1) is 12.9. The predicted molar refractivity (Wildman–Crippen MR) is 71.3 cm³/mol. The Morgan fingerprint density at radius 3 is 3.10 bits per heavy atom. The summed E-state index contributed by atoms with van der Waals surface area (Å²) >= 11 is 0. The lowest BCUT2D eigenvalue weighted by molar-refractivity contribution is -0.0695. The molecule has 0 radical (unpaired) electrons. The Morgan fingerprint density at radius 2 is 2.40 bits per heavy atom. The van der Waals surface area contributed by atoms with Crippen molar-refractivity contribution in [3.8, 4) is 12.3 Å². The Hall–Kier alpha value is -2.14. The number of nitrogens with zero attached hydrogens (tertiary/aromatic N) is 3. The average Bonchev–Trinajstić information content (AvgIpc) is 3.01. The van der Waals surface area contributed by atoms with E-state index in [0.29, 0.717) is 16.9 Å². The summed E-state index contributed by atoms with van der Waals surface area (Å²) in [6, 6.07) is 1.73.